The third-order valence-corrected chi connectivity index (χ3v) is 4.77. The van der Waals surface area contributed by atoms with Crippen molar-refractivity contribution >= 4 is 0 Å². The van der Waals surface area contributed by atoms with Gasteiger partial charge in [-0.15, -0.1) is 0 Å². The van der Waals surface area contributed by atoms with Gasteiger partial charge in [-0.2, -0.15) is 0 Å². The molecule has 0 amide bonds. The van der Waals surface area contributed by atoms with E-state index >= 15 is 0 Å². The number of piperidine rings is 1. The molecule has 0 bridgehead atoms. The Morgan fingerprint density at radius 2 is 1.62 bits per heavy atom. The Hall–Kier alpha value is -0.900. The lowest BCUT2D eigenvalue weighted by atomic mass is 10.0. The Morgan fingerprint density at radius 3 is 2.24 bits per heavy atom. The summed E-state index contributed by atoms with van der Waals surface area (Å²) in [6, 6.07) is 11.6. The van der Waals surface area contributed by atoms with Crippen molar-refractivity contribution in [3.8, 4) is 0 Å². The van der Waals surface area contributed by atoms with Crippen molar-refractivity contribution < 1.29 is 4.74 Å². The summed E-state index contributed by atoms with van der Waals surface area (Å²) in [5.74, 6) is 0. The summed E-state index contributed by atoms with van der Waals surface area (Å²) in [4.78, 5) is 5.26. The smallest absolute Gasteiger partial charge is 0.0678 e. The predicted molar refractivity (Wildman–Crippen MR) is 86.3 cm³/mol. The van der Waals surface area contributed by atoms with Gasteiger partial charge >= 0.3 is 0 Å². The second-order valence-electron chi connectivity index (χ2n) is 6.70. The first-order valence-electron chi connectivity index (χ1n) is 8.36. The van der Waals surface area contributed by atoms with E-state index in [9.17, 15) is 0 Å². The Morgan fingerprint density at radius 1 is 1.00 bits per heavy atom. The molecule has 3 rings (SSSR count). The summed E-state index contributed by atoms with van der Waals surface area (Å²) < 4.78 is 5.86. The molecule has 2 saturated heterocycles. The van der Waals surface area contributed by atoms with Crippen molar-refractivity contribution in [1.29, 1.82) is 0 Å². The van der Waals surface area contributed by atoms with Gasteiger partial charge in [0.1, 0.15) is 0 Å². The first-order chi connectivity index (χ1) is 10.2. The summed E-state index contributed by atoms with van der Waals surface area (Å²) in [6.45, 7) is 10.2. The summed E-state index contributed by atoms with van der Waals surface area (Å²) in [6.07, 6.45) is 3.37. The molecule has 0 unspecified atom stereocenters. The molecule has 2 aliphatic heterocycles. The maximum atomic E-state index is 5.86. The summed E-state index contributed by atoms with van der Waals surface area (Å²) >= 11 is 0. The molecule has 1 aromatic rings. The maximum absolute atomic E-state index is 5.86. The molecule has 0 aliphatic carbocycles. The largest absolute Gasteiger partial charge is 0.373 e. The molecule has 2 aliphatic rings. The van der Waals surface area contributed by atoms with Gasteiger partial charge in [0, 0.05) is 25.7 Å². The van der Waals surface area contributed by atoms with E-state index in [1.54, 1.807) is 0 Å². The minimum atomic E-state index is 0.385. The molecule has 2 heterocycles. The van der Waals surface area contributed by atoms with Crippen LogP contribution in [0.25, 0.3) is 0 Å². The fourth-order valence-corrected chi connectivity index (χ4v) is 3.80. The van der Waals surface area contributed by atoms with Crippen molar-refractivity contribution in [3.05, 3.63) is 35.9 Å². The quantitative estimate of drug-likeness (QED) is 0.850. The zero-order chi connectivity index (χ0) is 14.7. The molecule has 3 nitrogen and oxygen atoms in total. The Bertz CT molecular complexity index is 418. The first-order valence-corrected chi connectivity index (χ1v) is 8.36. The highest BCUT2D eigenvalue weighted by Gasteiger charge is 2.30. The lowest BCUT2D eigenvalue weighted by Crippen LogP contribution is -2.53. The van der Waals surface area contributed by atoms with Crippen molar-refractivity contribution in [1.82, 2.24) is 9.80 Å². The highest BCUT2D eigenvalue weighted by atomic mass is 16.5. The SMILES string of the molecule is C[C@@H]1CN(C2CCN(Cc3ccccc3)CC2)C[C@H](C)O1. The van der Waals surface area contributed by atoms with Crippen LogP contribution < -0.4 is 0 Å². The highest BCUT2D eigenvalue weighted by Crippen LogP contribution is 2.22. The topological polar surface area (TPSA) is 15.7 Å². The van der Waals surface area contributed by atoms with Gasteiger partial charge in [-0.25, -0.2) is 0 Å². The Balaban J connectivity index is 1.48. The van der Waals surface area contributed by atoms with Gasteiger partial charge in [0.05, 0.1) is 12.2 Å². The third-order valence-electron chi connectivity index (χ3n) is 4.77. The van der Waals surface area contributed by atoms with E-state index in [1.165, 1.54) is 31.5 Å². The van der Waals surface area contributed by atoms with E-state index in [2.05, 4.69) is 54.0 Å². The molecule has 0 N–H and O–H groups in total. The van der Waals surface area contributed by atoms with Crippen LogP contribution in [0, 0.1) is 0 Å². The minimum absolute atomic E-state index is 0.385. The van der Waals surface area contributed by atoms with Crippen molar-refractivity contribution in [3.63, 3.8) is 0 Å². The van der Waals surface area contributed by atoms with Gasteiger partial charge in [0.2, 0.25) is 0 Å². The standard InChI is InChI=1S/C18H28N2O/c1-15-12-20(13-16(2)21-15)18-8-10-19(11-9-18)14-17-6-4-3-5-7-17/h3-7,15-16,18H,8-14H2,1-2H3/t15-,16+. The van der Waals surface area contributed by atoms with Gasteiger partial charge in [-0.3, -0.25) is 9.80 Å². The van der Waals surface area contributed by atoms with E-state index in [0.717, 1.165) is 25.7 Å². The van der Waals surface area contributed by atoms with E-state index in [1.807, 2.05) is 0 Å². The van der Waals surface area contributed by atoms with Crippen molar-refractivity contribution in [2.24, 2.45) is 0 Å². The van der Waals surface area contributed by atoms with Gasteiger partial charge in [-0.05, 0) is 45.3 Å². The fraction of sp³-hybridized carbons (Fsp3) is 0.667. The highest BCUT2D eigenvalue weighted by molar-refractivity contribution is 5.14. The molecule has 3 heteroatoms. The van der Waals surface area contributed by atoms with E-state index in [-0.39, 0.29) is 0 Å². The maximum Gasteiger partial charge on any atom is 0.0678 e. The number of likely N-dealkylation sites (tertiary alicyclic amines) is 1. The second kappa shape index (κ2) is 6.91. The lowest BCUT2D eigenvalue weighted by molar-refractivity contribution is -0.0865. The molecule has 1 aromatic carbocycles. The van der Waals surface area contributed by atoms with E-state index < -0.39 is 0 Å². The average Bonchev–Trinajstić information content (AvgIpc) is 2.48. The molecule has 0 spiro atoms. The number of ether oxygens (including phenoxy) is 1. The van der Waals surface area contributed by atoms with Crippen molar-refractivity contribution in [2.75, 3.05) is 26.2 Å². The van der Waals surface area contributed by atoms with Crippen LogP contribution in [0.4, 0.5) is 0 Å². The Kier molecular flexibility index (Phi) is 4.94. The number of hydrogen-bond acceptors (Lipinski definition) is 3. The molecule has 0 aromatic heterocycles. The predicted octanol–water partition coefficient (Wildman–Crippen LogP) is 2.76. The molecule has 0 radical (unpaired) electrons. The van der Waals surface area contributed by atoms with E-state index in [4.69, 9.17) is 4.74 Å². The summed E-state index contributed by atoms with van der Waals surface area (Å²) in [5.41, 5.74) is 1.43. The Labute approximate surface area is 128 Å². The molecular weight excluding hydrogens is 260 g/mol. The van der Waals surface area contributed by atoms with Crippen LogP contribution >= 0.6 is 0 Å². The van der Waals surface area contributed by atoms with Gasteiger partial charge in [0.25, 0.3) is 0 Å². The minimum Gasteiger partial charge on any atom is -0.373 e. The second-order valence-corrected chi connectivity index (χ2v) is 6.70. The monoisotopic (exact) mass is 288 g/mol. The third kappa shape index (κ3) is 4.06. The van der Waals surface area contributed by atoms with Crippen LogP contribution in [-0.2, 0) is 11.3 Å². The van der Waals surface area contributed by atoms with Crippen molar-refractivity contribution in [2.45, 2.75) is 51.5 Å². The number of benzene rings is 1. The molecule has 0 saturated carbocycles. The zero-order valence-electron chi connectivity index (χ0n) is 13.4. The number of morpholine rings is 1. The molecule has 2 fully saturated rings. The average molecular weight is 288 g/mol. The van der Waals surface area contributed by atoms with Gasteiger partial charge in [0.15, 0.2) is 0 Å². The van der Waals surface area contributed by atoms with Crippen LogP contribution in [-0.4, -0.2) is 54.2 Å². The molecule has 21 heavy (non-hydrogen) atoms. The van der Waals surface area contributed by atoms with Crippen LogP contribution in [0.1, 0.15) is 32.3 Å². The summed E-state index contributed by atoms with van der Waals surface area (Å²) in [7, 11) is 0. The summed E-state index contributed by atoms with van der Waals surface area (Å²) in [5, 5.41) is 0. The molecule has 116 valence electrons. The van der Waals surface area contributed by atoms with Crippen LogP contribution in [0.15, 0.2) is 30.3 Å². The van der Waals surface area contributed by atoms with Crippen LogP contribution in [0.2, 0.25) is 0 Å². The zero-order valence-corrected chi connectivity index (χ0v) is 13.4. The van der Waals surface area contributed by atoms with Crippen LogP contribution in [0.5, 0.6) is 0 Å². The number of hydrogen-bond donors (Lipinski definition) is 0. The van der Waals surface area contributed by atoms with Gasteiger partial charge < -0.3 is 4.74 Å². The van der Waals surface area contributed by atoms with Gasteiger partial charge in [-0.1, -0.05) is 30.3 Å². The number of nitrogens with zero attached hydrogens (tertiary/aromatic N) is 2. The fourth-order valence-electron chi connectivity index (χ4n) is 3.80. The molecule has 2 atom stereocenters. The molecular formula is C18H28N2O. The lowest BCUT2D eigenvalue weighted by Gasteiger charge is -2.43. The van der Waals surface area contributed by atoms with Crippen LogP contribution in [0.3, 0.4) is 0 Å². The van der Waals surface area contributed by atoms with E-state index in [0.29, 0.717) is 12.2 Å². The normalized spacial score (nSPS) is 29.6. The number of rotatable bonds is 3. The first kappa shape index (κ1) is 15.0.